The molecule has 0 fully saturated rings. The van der Waals surface area contributed by atoms with Gasteiger partial charge in [-0.05, 0) is 24.0 Å². The first kappa shape index (κ1) is 15.5. The molecule has 23 heavy (non-hydrogen) atoms. The van der Waals surface area contributed by atoms with Crippen LogP contribution in [0.4, 0.5) is 0 Å². The maximum absolute atomic E-state index is 9.07. The van der Waals surface area contributed by atoms with Crippen LogP contribution in [0.25, 0.3) is 0 Å². The van der Waals surface area contributed by atoms with Crippen molar-refractivity contribution in [3.8, 4) is 6.07 Å². The van der Waals surface area contributed by atoms with Crippen molar-refractivity contribution < 1.29 is 0 Å². The Morgan fingerprint density at radius 3 is 1.83 bits per heavy atom. The zero-order valence-corrected chi connectivity index (χ0v) is 13.3. The summed E-state index contributed by atoms with van der Waals surface area (Å²) in [6.07, 6.45) is 6.31. The molecule has 2 atom stereocenters. The summed E-state index contributed by atoms with van der Waals surface area (Å²) in [5, 5.41) is 9.07. The third kappa shape index (κ3) is 4.31. The highest BCUT2D eigenvalue weighted by Gasteiger charge is 2.21. The smallest absolute Gasteiger partial charge is 0.0697 e. The van der Waals surface area contributed by atoms with E-state index in [9.17, 15) is 0 Å². The van der Waals surface area contributed by atoms with Gasteiger partial charge in [-0.2, -0.15) is 5.26 Å². The first-order chi connectivity index (χ1) is 11.3. The Morgan fingerprint density at radius 1 is 0.826 bits per heavy atom. The molecular weight excluding hydrogens is 280 g/mol. The summed E-state index contributed by atoms with van der Waals surface area (Å²) in [6.45, 7) is 1.87. The molecule has 0 saturated heterocycles. The molecule has 0 bridgehead atoms. The third-order valence-electron chi connectivity index (χ3n) is 4.43. The van der Waals surface area contributed by atoms with Gasteiger partial charge in [-0.1, -0.05) is 72.8 Å². The molecule has 2 nitrogen and oxygen atoms in total. The second-order valence-corrected chi connectivity index (χ2v) is 6.14. The van der Waals surface area contributed by atoms with Crippen LogP contribution in [0.5, 0.6) is 0 Å². The minimum Gasteiger partial charge on any atom is -0.288 e. The minimum atomic E-state index is 0.0848. The predicted octanol–water partition coefficient (Wildman–Crippen LogP) is 4.55. The summed E-state index contributed by atoms with van der Waals surface area (Å²) in [6, 6.07) is 24.0. The number of hydrogen-bond acceptors (Lipinski definition) is 2. The molecule has 0 aliphatic heterocycles. The quantitative estimate of drug-likeness (QED) is 0.758. The fourth-order valence-electron chi connectivity index (χ4n) is 3.14. The molecule has 0 N–H and O–H groups in total. The molecule has 0 saturated carbocycles. The van der Waals surface area contributed by atoms with Crippen molar-refractivity contribution in [1.29, 1.82) is 5.26 Å². The van der Waals surface area contributed by atoms with Crippen LogP contribution in [0, 0.1) is 17.2 Å². The van der Waals surface area contributed by atoms with Gasteiger partial charge in [0.05, 0.1) is 12.0 Å². The first-order valence-electron chi connectivity index (χ1n) is 8.25. The lowest BCUT2D eigenvalue weighted by atomic mass is 9.92. The summed E-state index contributed by atoms with van der Waals surface area (Å²) in [5.41, 5.74) is 2.67. The van der Waals surface area contributed by atoms with Crippen molar-refractivity contribution in [3.05, 3.63) is 83.9 Å². The molecule has 0 spiro atoms. The van der Waals surface area contributed by atoms with Crippen molar-refractivity contribution in [2.45, 2.75) is 32.0 Å². The molecule has 3 rings (SSSR count). The first-order valence-corrected chi connectivity index (χ1v) is 8.25. The lowest BCUT2D eigenvalue weighted by molar-refractivity contribution is 0.193. The van der Waals surface area contributed by atoms with Crippen molar-refractivity contribution in [3.63, 3.8) is 0 Å². The van der Waals surface area contributed by atoms with E-state index in [-0.39, 0.29) is 5.92 Å². The highest BCUT2D eigenvalue weighted by molar-refractivity contribution is 5.19. The molecule has 2 heteroatoms. The van der Waals surface area contributed by atoms with Crippen molar-refractivity contribution in [2.24, 2.45) is 5.92 Å². The molecule has 2 unspecified atom stereocenters. The van der Waals surface area contributed by atoms with Crippen LogP contribution < -0.4 is 0 Å². The standard InChI is InChI=1S/C21H22N2/c22-15-18-11-13-21(14-12-18)23(16-19-7-3-1-4-8-19)17-20-9-5-2-6-10-20/h1-11,13,18,21H,12,14,16-17H2. The molecule has 0 amide bonds. The van der Waals surface area contributed by atoms with E-state index in [4.69, 9.17) is 5.26 Å². The number of benzene rings is 2. The zero-order chi connectivity index (χ0) is 15.9. The maximum atomic E-state index is 9.07. The van der Waals surface area contributed by atoms with Gasteiger partial charge in [0.15, 0.2) is 0 Å². The van der Waals surface area contributed by atoms with Crippen molar-refractivity contribution in [2.75, 3.05) is 0 Å². The van der Waals surface area contributed by atoms with E-state index < -0.39 is 0 Å². The molecule has 2 aromatic rings. The Labute approximate surface area is 138 Å². The molecule has 2 aromatic carbocycles. The fraction of sp³-hybridized carbons (Fsp3) is 0.286. The van der Waals surface area contributed by atoms with E-state index >= 15 is 0 Å². The van der Waals surface area contributed by atoms with E-state index in [0.717, 1.165) is 25.9 Å². The van der Waals surface area contributed by atoms with Gasteiger partial charge in [-0.25, -0.2) is 0 Å². The molecular formula is C21H22N2. The highest BCUT2D eigenvalue weighted by atomic mass is 15.1. The van der Waals surface area contributed by atoms with Gasteiger partial charge < -0.3 is 0 Å². The monoisotopic (exact) mass is 302 g/mol. The molecule has 0 aromatic heterocycles. The van der Waals surface area contributed by atoms with Crippen LogP contribution in [0.1, 0.15) is 24.0 Å². The normalized spacial score (nSPS) is 20.3. The van der Waals surface area contributed by atoms with Crippen molar-refractivity contribution >= 4 is 0 Å². The second-order valence-electron chi connectivity index (χ2n) is 6.14. The Balaban J connectivity index is 1.77. The number of rotatable bonds is 5. The average molecular weight is 302 g/mol. The summed E-state index contributed by atoms with van der Waals surface area (Å²) in [7, 11) is 0. The minimum absolute atomic E-state index is 0.0848. The molecule has 1 aliphatic carbocycles. The summed E-state index contributed by atoms with van der Waals surface area (Å²) >= 11 is 0. The predicted molar refractivity (Wildman–Crippen MR) is 93.4 cm³/mol. The zero-order valence-electron chi connectivity index (χ0n) is 13.3. The van der Waals surface area contributed by atoms with Gasteiger partial charge in [0.25, 0.3) is 0 Å². The average Bonchev–Trinajstić information content (AvgIpc) is 2.63. The SMILES string of the molecule is N#CC1C=CC(N(Cc2ccccc2)Cc2ccccc2)CC1. The molecule has 1 aliphatic rings. The van der Waals surface area contributed by atoms with Crippen LogP contribution in [0.2, 0.25) is 0 Å². The van der Waals surface area contributed by atoms with Gasteiger partial charge in [-0.15, -0.1) is 0 Å². The van der Waals surface area contributed by atoms with Gasteiger partial charge in [-0.3, -0.25) is 4.90 Å². The number of allylic oxidation sites excluding steroid dienone is 1. The number of nitrogens with zero attached hydrogens (tertiary/aromatic N) is 2. The van der Waals surface area contributed by atoms with E-state index in [1.54, 1.807) is 0 Å². The molecule has 0 radical (unpaired) electrons. The Bertz CT molecular complexity index is 628. The number of nitriles is 1. The van der Waals surface area contributed by atoms with E-state index in [0.29, 0.717) is 6.04 Å². The Morgan fingerprint density at radius 2 is 1.39 bits per heavy atom. The van der Waals surface area contributed by atoms with Crippen LogP contribution in [0.15, 0.2) is 72.8 Å². The van der Waals surface area contributed by atoms with E-state index in [1.165, 1.54) is 11.1 Å². The lowest BCUT2D eigenvalue weighted by Gasteiger charge is -2.32. The molecule has 0 heterocycles. The van der Waals surface area contributed by atoms with E-state index in [2.05, 4.69) is 83.8 Å². The lowest BCUT2D eigenvalue weighted by Crippen LogP contribution is -2.34. The maximum Gasteiger partial charge on any atom is 0.0697 e. The van der Waals surface area contributed by atoms with E-state index in [1.807, 2.05) is 0 Å². The third-order valence-corrected chi connectivity index (χ3v) is 4.43. The summed E-state index contributed by atoms with van der Waals surface area (Å²) in [4.78, 5) is 2.51. The Hall–Kier alpha value is -2.37. The van der Waals surface area contributed by atoms with Crippen LogP contribution in [-0.4, -0.2) is 10.9 Å². The Kier molecular flexibility index (Phi) is 5.24. The van der Waals surface area contributed by atoms with Crippen LogP contribution >= 0.6 is 0 Å². The van der Waals surface area contributed by atoms with Crippen LogP contribution in [0.3, 0.4) is 0 Å². The topological polar surface area (TPSA) is 27.0 Å². The van der Waals surface area contributed by atoms with Crippen molar-refractivity contribution in [1.82, 2.24) is 4.90 Å². The molecule has 116 valence electrons. The second kappa shape index (κ2) is 7.76. The van der Waals surface area contributed by atoms with Gasteiger partial charge in [0, 0.05) is 19.1 Å². The van der Waals surface area contributed by atoms with Gasteiger partial charge >= 0.3 is 0 Å². The summed E-state index contributed by atoms with van der Waals surface area (Å²) < 4.78 is 0. The number of hydrogen-bond donors (Lipinski definition) is 0. The fourth-order valence-corrected chi connectivity index (χ4v) is 3.14. The summed E-state index contributed by atoms with van der Waals surface area (Å²) in [5.74, 6) is 0.0848. The highest BCUT2D eigenvalue weighted by Crippen LogP contribution is 2.24. The largest absolute Gasteiger partial charge is 0.288 e. The van der Waals surface area contributed by atoms with Gasteiger partial charge in [0.1, 0.15) is 0 Å². The van der Waals surface area contributed by atoms with Crippen LogP contribution in [-0.2, 0) is 13.1 Å². The van der Waals surface area contributed by atoms with Gasteiger partial charge in [0.2, 0.25) is 0 Å².